The Labute approximate surface area is 150 Å². The molecule has 6 nitrogen and oxygen atoms in total. The van der Waals surface area contributed by atoms with Gasteiger partial charge in [-0.2, -0.15) is 0 Å². The summed E-state index contributed by atoms with van der Waals surface area (Å²) in [5.74, 6) is -1.40. The van der Waals surface area contributed by atoms with E-state index in [1.807, 2.05) is 0 Å². The zero-order valence-electron chi connectivity index (χ0n) is 16.2. The predicted molar refractivity (Wildman–Crippen MR) is 96.3 cm³/mol. The Hall–Kier alpha value is -1.40. The van der Waals surface area contributed by atoms with Crippen LogP contribution in [0.25, 0.3) is 0 Å². The van der Waals surface area contributed by atoms with Gasteiger partial charge in [0.1, 0.15) is 5.60 Å². The van der Waals surface area contributed by atoms with Crippen LogP contribution in [0.4, 0.5) is 0 Å². The van der Waals surface area contributed by atoms with Crippen molar-refractivity contribution in [3.05, 3.63) is 11.6 Å². The van der Waals surface area contributed by atoms with Crippen LogP contribution in [0, 0.1) is 11.3 Å². The summed E-state index contributed by atoms with van der Waals surface area (Å²) in [6, 6.07) is 0. The zero-order valence-corrected chi connectivity index (χ0v) is 16.2. The highest BCUT2D eigenvalue weighted by molar-refractivity contribution is 5.86. The standard InChI is InChI=1S/C19H32N2O4/c1-14(2)6-9-20-10-7-19(8-11-20)13-21(12-15(19)16(22)23)17(24)18(3,4)25-5/h6,15H,7-13H2,1-5H3,(H,22,23). The maximum absolute atomic E-state index is 12.7. The minimum Gasteiger partial charge on any atom is -0.481 e. The molecule has 0 aromatic rings. The molecule has 25 heavy (non-hydrogen) atoms. The van der Waals surface area contributed by atoms with Gasteiger partial charge in [-0.3, -0.25) is 14.5 Å². The molecule has 2 aliphatic rings. The molecule has 142 valence electrons. The molecule has 0 aromatic heterocycles. The predicted octanol–water partition coefficient (Wildman–Crippen LogP) is 2.00. The number of carbonyl (C=O) groups excluding carboxylic acids is 1. The van der Waals surface area contributed by atoms with E-state index in [-0.39, 0.29) is 17.9 Å². The van der Waals surface area contributed by atoms with Crippen molar-refractivity contribution in [2.24, 2.45) is 11.3 Å². The van der Waals surface area contributed by atoms with E-state index in [4.69, 9.17) is 4.74 Å². The third-order valence-corrected chi connectivity index (χ3v) is 5.87. The van der Waals surface area contributed by atoms with Crippen LogP contribution < -0.4 is 0 Å². The largest absolute Gasteiger partial charge is 0.481 e. The number of amides is 1. The van der Waals surface area contributed by atoms with Gasteiger partial charge in [0, 0.05) is 32.2 Å². The molecule has 0 saturated carbocycles. The van der Waals surface area contributed by atoms with E-state index in [1.165, 1.54) is 12.7 Å². The van der Waals surface area contributed by atoms with Gasteiger partial charge in [-0.1, -0.05) is 11.6 Å². The molecule has 2 aliphatic heterocycles. The molecule has 0 aliphatic carbocycles. The number of ether oxygens (including phenoxy) is 1. The molecule has 6 heteroatoms. The van der Waals surface area contributed by atoms with Crippen molar-refractivity contribution in [2.75, 3.05) is 39.8 Å². The average Bonchev–Trinajstić information content (AvgIpc) is 2.93. The molecular formula is C19H32N2O4. The van der Waals surface area contributed by atoms with Gasteiger partial charge in [-0.25, -0.2) is 0 Å². The zero-order chi connectivity index (χ0) is 18.8. The first-order chi connectivity index (χ1) is 11.6. The third-order valence-electron chi connectivity index (χ3n) is 5.87. The number of hydrogen-bond donors (Lipinski definition) is 1. The summed E-state index contributed by atoms with van der Waals surface area (Å²) >= 11 is 0. The van der Waals surface area contributed by atoms with E-state index in [2.05, 4.69) is 24.8 Å². The summed E-state index contributed by atoms with van der Waals surface area (Å²) in [7, 11) is 1.51. The number of piperidine rings is 1. The lowest BCUT2D eigenvalue weighted by atomic mass is 9.71. The van der Waals surface area contributed by atoms with Crippen LogP contribution >= 0.6 is 0 Å². The second kappa shape index (κ2) is 7.46. The van der Waals surface area contributed by atoms with Gasteiger partial charge in [0.2, 0.25) is 0 Å². The lowest BCUT2D eigenvalue weighted by Gasteiger charge is -2.41. The van der Waals surface area contributed by atoms with Crippen LogP contribution in [-0.2, 0) is 14.3 Å². The molecule has 1 atom stereocenters. The summed E-state index contributed by atoms with van der Waals surface area (Å²) < 4.78 is 5.30. The van der Waals surface area contributed by atoms with Crippen molar-refractivity contribution >= 4 is 11.9 Å². The Bertz CT molecular complexity index is 544. The van der Waals surface area contributed by atoms with Crippen LogP contribution in [0.2, 0.25) is 0 Å². The fourth-order valence-electron chi connectivity index (χ4n) is 3.93. The SMILES string of the molecule is COC(C)(C)C(=O)N1CC(C(=O)O)C2(CCN(CC=C(C)C)CC2)C1. The lowest BCUT2D eigenvalue weighted by molar-refractivity contribution is -0.150. The molecule has 2 saturated heterocycles. The second-order valence-electron chi connectivity index (χ2n) is 8.24. The van der Waals surface area contributed by atoms with Crippen LogP contribution in [0.15, 0.2) is 11.6 Å². The maximum atomic E-state index is 12.7. The van der Waals surface area contributed by atoms with Crippen LogP contribution in [-0.4, -0.2) is 72.2 Å². The molecule has 1 amide bonds. The Balaban J connectivity index is 2.10. The number of aliphatic carboxylic acids is 1. The van der Waals surface area contributed by atoms with Crippen molar-refractivity contribution < 1.29 is 19.4 Å². The van der Waals surface area contributed by atoms with Crippen molar-refractivity contribution in [2.45, 2.75) is 46.1 Å². The number of carbonyl (C=O) groups is 2. The molecule has 1 N–H and O–H groups in total. The number of hydrogen-bond acceptors (Lipinski definition) is 4. The number of nitrogens with zero attached hydrogens (tertiary/aromatic N) is 2. The number of likely N-dealkylation sites (tertiary alicyclic amines) is 2. The third kappa shape index (κ3) is 4.23. The van der Waals surface area contributed by atoms with E-state index in [0.29, 0.717) is 6.54 Å². The number of allylic oxidation sites excluding steroid dienone is 1. The summed E-state index contributed by atoms with van der Waals surface area (Å²) in [6.07, 6.45) is 3.84. The molecule has 2 rings (SSSR count). The Morgan fingerprint density at radius 3 is 2.36 bits per heavy atom. The monoisotopic (exact) mass is 352 g/mol. The first-order valence-electron chi connectivity index (χ1n) is 9.04. The molecule has 1 unspecified atom stereocenters. The smallest absolute Gasteiger partial charge is 0.308 e. The minimum atomic E-state index is -0.918. The molecule has 0 bridgehead atoms. The van der Waals surface area contributed by atoms with Crippen LogP contribution in [0.3, 0.4) is 0 Å². The van der Waals surface area contributed by atoms with Gasteiger partial charge in [0.05, 0.1) is 5.92 Å². The minimum absolute atomic E-state index is 0.120. The molecule has 2 fully saturated rings. The summed E-state index contributed by atoms with van der Waals surface area (Å²) in [4.78, 5) is 28.7. The van der Waals surface area contributed by atoms with Crippen molar-refractivity contribution in [3.8, 4) is 0 Å². The maximum Gasteiger partial charge on any atom is 0.308 e. The Morgan fingerprint density at radius 1 is 1.28 bits per heavy atom. The molecular weight excluding hydrogens is 320 g/mol. The summed E-state index contributed by atoms with van der Waals surface area (Å²) in [5, 5.41) is 9.74. The highest BCUT2D eigenvalue weighted by Crippen LogP contribution is 2.45. The van der Waals surface area contributed by atoms with Crippen molar-refractivity contribution in [3.63, 3.8) is 0 Å². The normalized spacial score (nSPS) is 23.7. The van der Waals surface area contributed by atoms with Crippen LogP contribution in [0.1, 0.15) is 40.5 Å². The Kier molecular flexibility index (Phi) is 5.94. The number of carboxylic acid groups (broad SMARTS) is 1. The fourth-order valence-corrected chi connectivity index (χ4v) is 3.93. The second-order valence-corrected chi connectivity index (χ2v) is 8.24. The Morgan fingerprint density at radius 2 is 1.88 bits per heavy atom. The van der Waals surface area contributed by atoms with Crippen LogP contribution in [0.5, 0.6) is 0 Å². The fraction of sp³-hybridized carbons (Fsp3) is 0.789. The summed E-state index contributed by atoms with van der Waals surface area (Å²) in [5.41, 5.74) is 0.0639. The van der Waals surface area contributed by atoms with Gasteiger partial charge in [-0.15, -0.1) is 0 Å². The molecule has 0 aromatic carbocycles. The van der Waals surface area contributed by atoms with E-state index in [1.54, 1.807) is 18.7 Å². The van der Waals surface area contributed by atoms with Gasteiger partial charge >= 0.3 is 5.97 Å². The van der Waals surface area contributed by atoms with E-state index in [0.717, 1.165) is 32.5 Å². The number of rotatable bonds is 5. The van der Waals surface area contributed by atoms with Gasteiger partial charge in [0.25, 0.3) is 5.91 Å². The first-order valence-corrected chi connectivity index (χ1v) is 9.04. The molecule has 0 radical (unpaired) electrons. The first kappa shape index (κ1) is 19.9. The molecule has 1 spiro atoms. The summed E-state index contributed by atoms with van der Waals surface area (Å²) in [6.45, 7) is 11.1. The highest BCUT2D eigenvalue weighted by Gasteiger charge is 2.53. The van der Waals surface area contributed by atoms with Crippen molar-refractivity contribution in [1.29, 1.82) is 0 Å². The van der Waals surface area contributed by atoms with Gasteiger partial charge in [0.15, 0.2) is 0 Å². The van der Waals surface area contributed by atoms with E-state index >= 15 is 0 Å². The lowest BCUT2D eigenvalue weighted by Crippen LogP contribution is -2.48. The highest BCUT2D eigenvalue weighted by atomic mass is 16.5. The molecule has 2 heterocycles. The van der Waals surface area contributed by atoms with E-state index in [9.17, 15) is 14.7 Å². The number of carboxylic acids is 1. The van der Waals surface area contributed by atoms with E-state index < -0.39 is 17.5 Å². The average molecular weight is 352 g/mol. The quantitative estimate of drug-likeness (QED) is 0.767. The topological polar surface area (TPSA) is 70.1 Å². The van der Waals surface area contributed by atoms with Crippen molar-refractivity contribution in [1.82, 2.24) is 9.80 Å². The van der Waals surface area contributed by atoms with Gasteiger partial charge in [-0.05, 0) is 53.6 Å². The van der Waals surface area contributed by atoms with Gasteiger partial charge < -0.3 is 14.7 Å². The number of methoxy groups -OCH3 is 1.